The van der Waals surface area contributed by atoms with Crippen LogP contribution in [0.3, 0.4) is 0 Å². The highest BCUT2D eigenvalue weighted by molar-refractivity contribution is 9.09. The van der Waals surface area contributed by atoms with E-state index in [9.17, 15) is 0 Å². The highest BCUT2D eigenvalue weighted by Crippen LogP contribution is 1.95. The SMILES string of the molecule is C=C/C=C(\C=NC)OCCBr. The maximum atomic E-state index is 5.27. The number of aliphatic imine (C=N–C) groups is 1. The van der Waals surface area contributed by atoms with Crippen molar-refractivity contribution in [3.63, 3.8) is 0 Å². The van der Waals surface area contributed by atoms with Gasteiger partial charge in [0, 0.05) is 12.4 Å². The molecule has 0 saturated carbocycles. The maximum Gasteiger partial charge on any atom is 0.137 e. The molecule has 0 aromatic carbocycles. The number of hydrogen-bond acceptors (Lipinski definition) is 2. The van der Waals surface area contributed by atoms with Crippen LogP contribution in [0.25, 0.3) is 0 Å². The summed E-state index contributed by atoms with van der Waals surface area (Å²) in [6.07, 6.45) is 5.10. The van der Waals surface area contributed by atoms with Crippen LogP contribution in [0.15, 0.2) is 29.5 Å². The van der Waals surface area contributed by atoms with Crippen molar-refractivity contribution in [3.05, 3.63) is 24.5 Å². The van der Waals surface area contributed by atoms with E-state index in [0.29, 0.717) is 6.61 Å². The van der Waals surface area contributed by atoms with Crippen molar-refractivity contribution in [1.82, 2.24) is 0 Å². The first-order valence-corrected chi connectivity index (χ1v) is 4.41. The van der Waals surface area contributed by atoms with Crippen LogP contribution in [0.5, 0.6) is 0 Å². The van der Waals surface area contributed by atoms with Gasteiger partial charge in [-0.3, -0.25) is 4.99 Å². The fourth-order valence-electron chi connectivity index (χ4n) is 0.528. The molecule has 0 spiro atoms. The maximum absolute atomic E-state index is 5.27. The Bertz CT molecular complexity index is 163. The summed E-state index contributed by atoms with van der Waals surface area (Å²) in [5.41, 5.74) is 0. The molecule has 0 aliphatic carbocycles. The highest BCUT2D eigenvalue weighted by Gasteiger charge is 1.89. The average molecular weight is 218 g/mol. The molecule has 0 saturated heterocycles. The van der Waals surface area contributed by atoms with Gasteiger partial charge in [-0.25, -0.2) is 0 Å². The lowest BCUT2D eigenvalue weighted by molar-refractivity contribution is 0.255. The molecule has 62 valence electrons. The van der Waals surface area contributed by atoms with Gasteiger partial charge in [-0.1, -0.05) is 28.6 Å². The van der Waals surface area contributed by atoms with Crippen LogP contribution >= 0.6 is 15.9 Å². The standard InChI is InChI=1S/C8H12BrNO/c1-3-4-8(7-10-2)11-6-5-9/h3-4,7H,1,5-6H2,2H3/b8-4+,10-7?. The minimum Gasteiger partial charge on any atom is -0.491 e. The number of nitrogens with zero attached hydrogens (tertiary/aromatic N) is 1. The molecule has 0 radical (unpaired) electrons. The van der Waals surface area contributed by atoms with Crippen LogP contribution in [0.1, 0.15) is 0 Å². The van der Waals surface area contributed by atoms with Crippen molar-refractivity contribution in [2.75, 3.05) is 19.0 Å². The van der Waals surface area contributed by atoms with Crippen LogP contribution in [-0.2, 0) is 4.74 Å². The van der Waals surface area contributed by atoms with Crippen LogP contribution in [0.4, 0.5) is 0 Å². The second-order valence-electron chi connectivity index (χ2n) is 1.73. The summed E-state index contributed by atoms with van der Waals surface area (Å²) in [5.74, 6) is 0.738. The number of allylic oxidation sites excluding steroid dienone is 3. The van der Waals surface area contributed by atoms with Gasteiger partial charge in [-0.05, 0) is 6.08 Å². The Balaban J connectivity index is 3.89. The summed E-state index contributed by atoms with van der Waals surface area (Å²) < 4.78 is 5.27. The van der Waals surface area contributed by atoms with E-state index in [4.69, 9.17) is 4.74 Å². The van der Waals surface area contributed by atoms with Gasteiger partial charge < -0.3 is 4.74 Å². The third kappa shape index (κ3) is 5.85. The molecule has 0 aliphatic heterocycles. The fraction of sp³-hybridized carbons (Fsp3) is 0.375. The summed E-state index contributed by atoms with van der Waals surface area (Å²) in [6, 6.07) is 0. The lowest BCUT2D eigenvalue weighted by Gasteiger charge is -2.01. The summed E-state index contributed by atoms with van der Waals surface area (Å²) in [7, 11) is 1.70. The van der Waals surface area contributed by atoms with Gasteiger partial charge in [-0.2, -0.15) is 0 Å². The number of ether oxygens (including phenoxy) is 1. The molecule has 0 aromatic rings. The Morgan fingerprint density at radius 1 is 1.73 bits per heavy atom. The number of rotatable bonds is 5. The fourth-order valence-corrected chi connectivity index (χ4v) is 0.690. The molecular formula is C8H12BrNO. The molecule has 0 aliphatic rings. The first kappa shape index (κ1) is 10.4. The first-order valence-electron chi connectivity index (χ1n) is 3.28. The van der Waals surface area contributed by atoms with E-state index in [-0.39, 0.29) is 0 Å². The summed E-state index contributed by atoms with van der Waals surface area (Å²) >= 11 is 3.26. The quantitative estimate of drug-likeness (QED) is 0.300. The minimum absolute atomic E-state index is 0.645. The molecular weight excluding hydrogens is 206 g/mol. The Labute approximate surface area is 75.8 Å². The predicted molar refractivity (Wildman–Crippen MR) is 52.4 cm³/mol. The molecule has 0 fully saturated rings. The van der Waals surface area contributed by atoms with E-state index >= 15 is 0 Å². The summed E-state index contributed by atoms with van der Waals surface area (Å²) in [4.78, 5) is 3.83. The largest absolute Gasteiger partial charge is 0.491 e. The molecule has 0 bridgehead atoms. The molecule has 0 rings (SSSR count). The van der Waals surface area contributed by atoms with Gasteiger partial charge in [0.25, 0.3) is 0 Å². The number of hydrogen-bond donors (Lipinski definition) is 0. The van der Waals surface area contributed by atoms with Crippen molar-refractivity contribution in [2.45, 2.75) is 0 Å². The van der Waals surface area contributed by atoms with E-state index < -0.39 is 0 Å². The van der Waals surface area contributed by atoms with Gasteiger partial charge in [0.1, 0.15) is 5.76 Å². The monoisotopic (exact) mass is 217 g/mol. The molecule has 0 unspecified atom stereocenters. The first-order chi connectivity index (χ1) is 5.35. The van der Waals surface area contributed by atoms with Crippen molar-refractivity contribution in [3.8, 4) is 0 Å². The van der Waals surface area contributed by atoms with Crippen LogP contribution in [0, 0.1) is 0 Å². The molecule has 0 atom stereocenters. The molecule has 2 nitrogen and oxygen atoms in total. The lowest BCUT2D eigenvalue weighted by atomic mass is 10.4. The molecule has 0 heterocycles. The molecule has 3 heteroatoms. The number of halogens is 1. The Hall–Kier alpha value is -0.570. The van der Waals surface area contributed by atoms with E-state index in [2.05, 4.69) is 27.5 Å². The topological polar surface area (TPSA) is 21.6 Å². The molecule has 0 N–H and O–H groups in total. The Kier molecular flexibility index (Phi) is 7.15. The normalized spacial score (nSPS) is 12.0. The minimum atomic E-state index is 0.645. The summed E-state index contributed by atoms with van der Waals surface area (Å²) in [5, 5.41) is 0.818. The third-order valence-corrected chi connectivity index (χ3v) is 1.21. The van der Waals surface area contributed by atoms with E-state index in [1.165, 1.54) is 0 Å². The number of alkyl halides is 1. The zero-order valence-corrected chi connectivity index (χ0v) is 8.17. The van der Waals surface area contributed by atoms with Gasteiger partial charge in [-0.15, -0.1) is 0 Å². The zero-order valence-electron chi connectivity index (χ0n) is 6.59. The summed E-state index contributed by atoms with van der Waals surface area (Å²) in [6.45, 7) is 4.21. The van der Waals surface area contributed by atoms with Crippen molar-refractivity contribution >= 4 is 22.1 Å². The Morgan fingerprint density at radius 2 is 2.45 bits per heavy atom. The van der Waals surface area contributed by atoms with Gasteiger partial charge in [0.15, 0.2) is 0 Å². The molecule has 11 heavy (non-hydrogen) atoms. The van der Waals surface area contributed by atoms with E-state index in [1.807, 2.05) is 0 Å². The van der Waals surface area contributed by atoms with Crippen LogP contribution in [-0.4, -0.2) is 25.2 Å². The van der Waals surface area contributed by atoms with Gasteiger partial charge in [0.05, 0.1) is 12.8 Å². The van der Waals surface area contributed by atoms with Gasteiger partial charge in [0.2, 0.25) is 0 Å². The zero-order chi connectivity index (χ0) is 8.53. The van der Waals surface area contributed by atoms with Crippen molar-refractivity contribution < 1.29 is 4.74 Å². The van der Waals surface area contributed by atoms with Crippen molar-refractivity contribution in [2.24, 2.45) is 4.99 Å². The second kappa shape index (κ2) is 7.54. The average Bonchev–Trinajstić information content (AvgIpc) is 2.01. The third-order valence-electron chi connectivity index (χ3n) is 0.884. The van der Waals surface area contributed by atoms with Crippen LogP contribution < -0.4 is 0 Å². The molecule has 0 aromatic heterocycles. The van der Waals surface area contributed by atoms with Crippen LogP contribution in [0.2, 0.25) is 0 Å². The molecule has 0 amide bonds. The van der Waals surface area contributed by atoms with Gasteiger partial charge >= 0.3 is 0 Å². The Morgan fingerprint density at radius 3 is 2.91 bits per heavy atom. The van der Waals surface area contributed by atoms with Crippen molar-refractivity contribution in [1.29, 1.82) is 0 Å². The van der Waals surface area contributed by atoms with E-state index in [1.54, 1.807) is 25.4 Å². The predicted octanol–water partition coefficient (Wildman–Crippen LogP) is 2.17. The lowest BCUT2D eigenvalue weighted by Crippen LogP contribution is -1.96. The van der Waals surface area contributed by atoms with E-state index in [0.717, 1.165) is 11.1 Å². The smallest absolute Gasteiger partial charge is 0.137 e. The highest BCUT2D eigenvalue weighted by atomic mass is 79.9. The second-order valence-corrected chi connectivity index (χ2v) is 2.52.